The van der Waals surface area contributed by atoms with Gasteiger partial charge in [-0.2, -0.15) is 0 Å². The van der Waals surface area contributed by atoms with Crippen LogP contribution in [0.25, 0.3) is 0 Å². The van der Waals surface area contributed by atoms with Gasteiger partial charge in [0.15, 0.2) is 0 Å². The van der Waals surface area contributed by atoms with Crippen molar-refractivity contribution in [2.75, 3.05) is 11.9 Å². The standard InChI is InChI=1S/C9H13IN4/c10-7-4-12-5-13-9(7)14-8(3-11)6-1-2-6/h4-6,8H,1-3,11H2,(H,12,13,14). The number of anilines is 1. The van der Waals surface area contributed by atoms with Crippen molar-refractivity contribution in [3.63, 3.8) is 0 Å². The summed E-state index contributed by atoms with van der Waals surface area (Å²) in [6.07, 6.45) is 5.94. The minimum atomic E-state index is 0.374. The van der Waals surface area contributed by atoms with Crippen molar-refractivity contribution in [1.82, 2.24) is 9.97 Å². The molecule has 76 valence electrons. The maximum Gasteiger partial charge on any atom is 0.143 e. The first-order valence-corrected chi connectivity index (χ1v) is 5.81. The van der Waals surface area contributed by atoms with Crippen LogP contribution < -0.4 is 11.1 Å². The Balaban J connectivity index is 2.04. The molecule has 2 rings (SSSR count). The van der Waals surface area contributed by atoms with E-state index in [1.165, 1.54) is 12.8 Å². The molecule has 1 unspecified atom stereocenters. The van der Waals surface area contributed by atoms with Gasteiger partial charge in [0.05, 0.1) is 3.57 Å². The van der Waals surface area contributed by atoms with E-state index >= 15 is 0 Å². The largest absolute Gasteiger partial charge is 0.365 e. The van der Waals surface area contributed by atoms with E-state index in [0.717, 1.165) is 15.3 Å². The molecule has 1 aliphatic rings. The van der Waals surface area contributed by atoms with Gasteiger partial charge in [-0.3, -0.25) is 0 Å². The van der Waals surface area contributed by atoms with E-state index in [-0.39, 0.29) is 0 Å². The molecule has 1 saturated carbocycles. The first-order valence-electron chi connectivity index (χ1n) is 4.73. The Kier molecular flexibility index (Phi) is 3.17. The Bertz CT molecular complexity index is 313. The van der Waals surface area contributed by atoms with Crippen LogP contribution in [0, 0.1) is 9.49 Å². The highest BCUT2D eigenvalue weighted by Crippen LogP contribution is 2.33. The monoisotopic (exact) mass is 304 g/mol. The van der Waals surface area contributed by atoms with Crippen LogP contribution >= 0.6 is 22.6 Å². The van der Waals surface area contributed by atoms with Crippen molar-refractivity contribution in [2.24, 2.45) is 11.7 Å². The zero-order valence-electron chi connectivity index (χ0n) is 7.78. The summed E-state index contributed by atoms with van der Waals surface area (Å²) >= 11 is 2.23. The Morgan fingerprint density at radius 1 is 1.64 bits per heavy atom. The number of hydrogen-bond acceptors (Lipinski definition) is 4. The summed E-state index contributed by atoms with van der Waals surface area (Å²) < 4.78 is 1.05. The van der Waals surface area contributed by atoms with Crippen LogP contribution in [0.15, 0.2) is 12.5 Å². The Hall–Kier alpha value is -0.430. The highest BCUT2D eigenvalue weighted by atomic mass is 127. The number of halogens is 1. The topological polar surface area (TPSA) is 63.8 Å². The van der Waals surface area contributed by atoms with Gasteiger partial charge in [-0.1, -0.05) is 0 Å². The second-order valence-electron chi connectivity index (χ2n) is 3.54. The third-order valence-corrected chi connectivity index (χ3v) is 3.22. The molecule has 0 bridgehead atoms. The fourth-order valence-corrected chi connectivity index (χ4v) is 1.92. The molecule has 1 atom stereocenters. The van der Waals surface area contributed by atoms with E-state index < -0.39 is 0 Å². The van der Waals surface area contributed by atoms with Crippen molar-refractivity contribution < 1.29 is 0 Å². The lowest BCUT2D eigenvalue weighted by Crippen LogP contribution is -2.31. The van der Waals surface area contributed by atoms with E-state index in [9.17, 15) is 0 Å². The fourth-order valence-electron chi connectivity index (χ4n) is 1.46. The molecule has 3 N–H and O–H groups in total. The first-order chi connectivity index (χ1) is 6.81. The summed E-state index contributed by atoms with van der Waals surface area (Å²) in [5.74, 6) is 1.65. The Morgan fingerprint density at radius 2 is 2.43 bits per heavy atom. The van der Waals surface area contributed by atoms with Gasteiger partial charge in [-0.15, -0.1) is 0 Å². The van der Waals surface area contributed by atoms with Crippen LogP contribution in [0.4, 0.5) is 5.82 Å². The second-order valence-corrected chi connectivity index (χ2v) is 4.71. The van der Waals surface area contributed by atoms with Crippen LogP contribution in [0.2, 0.25) is 0 Å². The molecule has 0 saturated heterocycles. The highest BCUT2D eigenvalue weighted by molar-refractivity contribution is 14.1. The van der Waals surface area contributed by atoms with Crippen LogP contribution in [0.1, 0.15) is 12.8 Å². The molecule has 1 aromatic rings. The van der Waals surface area contributed by atoms with Crippen molar-refractivity contribution in [2.45, 2.75) is 18.9 Å². The summed E-state index contributed by atoms with van der Waals surface area (Å²) in [4.78, 5) is 8.14. The predicted molar refractivity (Wildman–Crippen MR) is 63.9 cm³/mol. The van der Waals surface area contributed by atoms with Crippen LogP contribution in [0.5, 0.6) is 0 Å². The van der Waals surface area contributed by atoms with E-state index in [0.29, 0.717) is 12.6 Å². The van der Waals surface area contributed by atoms with Gasteiger partial charge < -0.3 is 11.1 Å². The molecular formula is C9H13IN4. The number of nitrogens with zero attached hydrogens (tertiary/aromatic N) is 2. The van der Waals surface area contributed by atoms with Gasteiger partial charge in [-0.25, -0.2) is 9.97 Å². The van der Waals surface area contributed by atoms with Gasteiger partial charge in [0, 0.05) is 18.8 Å². The quantitative estimate of drug-likeness (QED) is 0.821. The first kappa shape index (κ1) is 10.1. The van der Waals surface area contributed by atoms with Crippen LogP contribution in [-0.4, -0.2) is 22.6 Å². The maximum atomic E-state index is 5.70. The van der Waals surface area contributed by atoms with E-state index in [1.807, 2.05) is 0 Å². The molecule has 1 aliphatic carbocycles. The summed E-state index contributed by atoms with van der Waals surface area (Å²) in [7, 11) is 0. The number of aromatic nitrogens is 2. The molecule has 1 aromatic heterocycles. The molecular weight excluding hydrogens is 291 g/mol. The molecule has 14 heavy (non-hydrogen) atoms. The van der Waals surface area contributed by atoms with Gasteiger partial charge >= 0.3 is 0 Å². The lowest BCUT2D eigenvalue weighted by Gasteiger charge is -2.16. The minimum Gasteiger partial charge on any atom is -0.365 e. The van der Waals surface area contributed by atoms with Crippen molar-refractivity contribution in [3.05, 3.63) is 16.1 Å². The van der Waals surface area contributed by atoms with Crippen LogP contribution in [0.3, 0.4) is 0 Å². The predicted octanol–water partition coefficient (Wildman–Crippen LogP) is 1.23. The molecule has 1 fully saturated rings. The van der Waals surface area contributed by atoms with E-state index in [1.54, 1.807) is 12.5 Å². The molecule has 0 aliphatic heterocycles. The van der Waals surface area contributed by atoms with Gasteiger partial charge in [-0.05, 0) is 41.4 Å². The average Bonchev–Trinajstić information content (AvgIpc) is 3.00. The summed E-state index contributed by atoms with van der Waals surface area (Å²) in [5.41, 5.74) is 5.70. The number of nitrogens with one attached hydrogen (secondary N) is 1. The molecule has 0 radical (unpaired) electrons. The normalized spacial score (nSPS) is 17.9. The lowest BCUT2D eigenvalue weighted by molar-refractivity contribution is 0.641. The van der Waals surface area contributed by atoms with Gasteiger partial charge in [0.1, 0.15) is 12.1 Å². The number of rotatable bonds is 4. The Labute approximate surface area is 96.8 Å². The second kappa shape index (κ2) is 4.39. The van der Waals surface area contributed by atoms with E-state index in [4.69, 9.17) is 5.73 Å². The third-order valence-electron chi connectivity index (χ3n) is 2.43. The summed E-state index contributed by atoms with van der Waals surface area (Å²) in [5, 5.41) is 3.38. The molecule has 0 spiro atoms. The highest BCUT2D eigenvalue weighted by Gasteiger charge is 2.30. The Morgan fingerprint density at radius 3 is 3.00 bits per heavy atom. The lowest BCUT2D eigenvalue weighted by atomic mass is 10.2. The third kappa shape index (κ3) is 2.33. The molecule has 0 aromatic carbocycles. The molecule has 1 heterocycles. The zero-order valence-corrected chi connectivity index (χ0v) is 9.94. The van der Waals surface area contributed by atoms with E-state index in [2.05, 4.69) is 37.9 Å². The van der Waals surface area contributed by atoms with Crippen molar-refractivity contribution in [3.8, 4) is 0 Å². The molecule has 5 heteroatoms. The van der Waals surface area contributed by atoms with Crippen molar-refractivity contribution >= 4 is 28.4 Å². The summed E-state index contributed by atoms with van der Waals surface area (Å²) in [6.45, 7) is 0.671. The number of hydrogen-bond donors (Lipinski definition) is 2. The maximum absolute atomic E-state index is 5.70. The minimum absolute atomic E-state index is 0.374. The van der Waals surface area contributed by atoms with Crippen molar-refractivity contribution in [1.29, 1.82) is 0 Å². The molecule has 4 nitrogen and oxygen atoms in total. The fraction of sp³-hybridized carbons (Fsp3) is 0.556. The summed E-state index contributed by atoms with van der Waals surface area (Å²) in [6, 6.07) is 0.374. The smallest absolute Gasteiger partial charge is 0.143 e. The number of nitrogens with two attached hydrogens (primary N) is 1. The molecule has 0 amide bonds. The van der Waals surface area contributed by atoms with Crippen LogP contribution in [-0.2, 0) is 0 Å². The zero-order chi connectivity index (χ0) is 9.97. The average molecular weight is 304 g/mol. The van der Waals surface area contributed by atoms with Gasteiger partial charge in [0.25, 0.3) is 0 Å². The SMILES string of the molecule is NCC(Nc1ncncc1I)C1CC1. The van der Waals surface area contributed by atoms with Gasteiger partial charge in [0.2, 0.25) is 0 Å².